The third-order valence-corrected chi connectivity index (χ3v) is 3.47. The standard InChI is InChI=1S/C15H28N2O2/c1-10(2)6-14(18)17-8-12(5)7-13(9-17)16-15(19)11(3)4/h10-13H,6-9H2,1-5H3,(H,16,19). The largest absolute Gasteiger partial charge is 0.351 e. The third-order valence-electron chi connectivity index (χ3n) is 3.47. The average Bonchev–Trinajstić information content (AvgIpc) is 2.26. The quantitative estimate of drug-likeness (QED) is 0.848. The minimum Gasteiger partial charge on any atom is -0.351 e. The normalized spacial score (nSPS) is 23.8. The molecule has 110 valence electrons. The first-order valence-electron chi connectivity index (χ1n) is 7.37. The molecule has 1 saturated heterocycles. The lowest BCUT2D eigenvalue weighted by atomic mass is 9.94. The van der Waals surface area contributed by atoms with E-state index in [4.69, 9.17) is 0 Å². The molecule has 1 fully saturated rings. The molecule has 0 saturated carbocycles. The van der Waals surface area contributed by atoms with Gasteiger partial charge in [-0.2, -0.15) is 0 Å². The van der Waals surface area contributed by atoms with Gasteiger partial charge < -0.3 is 10.2 Å². The van der Waals surface area contributed by atoms with Gasteiger partial charge in [0.25, 0.3) is 0 Å². The predicted molar refractivity (Wildman–Crippen MR) is 76.6 cm³/mol. The van der Waals surface area contributed by atoms with Crippen LogP contribution in [0.25, 0.3) is 0 Å². The molecule has 0 aromatic rings. The van der Waals surface area contributed by atoms with Crippen molar-refractivity contribution in [3.8, 4) is 0 Å². The molecule has 2 atom stereocenters. The highest BCUT2D eigenvalue weighted by Gasteiger charge is 2.29. The molecule has 0 aliphatic carbocycles. The first-order valence-corrected chi connectivity index (χ1v) is 7.37. The molecule has 2 unspecified atom stereocenters. The SMILES string of the molecule is CC(C)CC(=O)N1CC(C)CC(NC(=O)C(C)C)C1. The smallest absolute Gasteiger partial charge is 0.222 e. The summed E-state index contributed by atoms with van der Waals surface area (Å²) in [6.07, 6.45) is 1.56. The van der Waals surface area contributed by atoms with Crippen molar-refractivity contribution in [1.82, 2.24) is 10.2 Å². The van der Waals surface area contributed by atoms with Gasteiger partial charge in [-0.1, -0.05) is 34.6 Å². The predicted octanol–water partition coefficient (Wildman–Crippen LogP) is 2.04. The summed E-state index contributed by atoms with van der Waals surface area (Å²) in [5.41, 5.74) is 0. The molecule has 19 heavy (non-hydrogen) atoms. The third kappa shape index (κ3) is 5.21. The summed E-state index contributed by atoms with van der Waals surface area (Å²) >= 11 is 0. The van der Waals surface area contributed by atoms with Gasteiger partial charge in [-0.05, 0) is 18.3 Å². The topological polar surface area (TPSA) is 49.4 Å². The monoisotopic (exact) mass is 268 g/mol. The van der Waals surface area contributed by atoms with Gasteiger partial charge in [-0.25, -0.2) is 0 Å². The second kappa shape index (κ2) is 6.92. The van der Waals surface area contributed by atoms with Crippen LogP contribution in [0.15, 0.2) is 0 Å². The molecule has 0 aromatic carbocycles. The highest BCUT2D eigenvalue weighted by molar-refractivity contribution is 5.79. The van der Waals surface area contributed by atoms with Gasteiger partial charge >= 0.3 is 0 Å². The van der Waals surface area contributed by atoms with E-state index in [-0.39, 0.29) is 23.8 Å². The molecule has 4 heteroatoms. The first-order chi connectivity index (χ1) is 8.79. The van der Waals surface area contributed by atoms with Gasteiger partial charge in [-0.3, -0.25) is 9.59 Å². The lowest BCUT2D eigenvalue weighted by molar-refractivity contribution is -0.135. The maximum absolute atomic E-state index is 12.1. The average molecular weight is 268 g/mol. The van der Waals surface area contributed by atoms with Gasteiger partial charge in [0.15, 0.2) is 0 Å². The van der Waals surface area contributed by atoms with Crippen LogP contribution in [0.2, 0.25) is 0 Å². The minimum atomic E-state index is -0.00273. The minimum absolute atomic E-state index is 0.00273. The molecule has 1 rings (SSSR count). The molecule has 0 aromatic heterocycles. The summed E-state index contributed by atoms with van der Waals surface area (Å²) in [5, 5.41) is 3.05. The summed E-state index contributed by atoms with van der Waals surface area (Å²) in [6.45, 7) is 11.5. The molecular weight excluding hydrogens is 240 g/mol. The van der Waals surface area contributed by atoms with Crippen LogP contribution in [0.4, 0.5) is 0 Å². The van der Waals surface area contributed by atoms with Crippen molar-refractivity contribution < 1.29 is 9.59 Å². The Morgan fingerprint density at radius 2 is 1.84 bits per heavy atom. The van der Waals surface area contributed by atoms with E-state index in [0.29, 0.717) is 24.8 Å². The maximum Gasteiger partial charge on any atom is 0.222 e. The number of carbonyl (C=O) groups is 2. The molecule has 1 aliphatic heterocycles. The first kappa shape index (κ1) is 16.0. The Kier molecular flexibility index (Phi) is 5.83. The summed E-state index contributed by atoms with van der Waals surface area (Å²) < 4.78 is 0. The van der Waals surface area contributed by atoms with Crippen molar-refractivity contribution in [2.75, 3.05) is 13.1 Å². The Bertz CT molecular complexity index is 326. The number of hydrogen-bond donors (Lipinski definition) is 1. The second-order valence-corrected chi connectivity index (χ2v) is 6.60. The van der Waals surface area contributed by atoms with Gasteiger partial charge in [0.2, 0.25) is 11.8 Å². The number of nitrogens with zero attached hydrogens (tertiary/aromatic N) is 1. The van der Waals surface area contributed by atoms with Crippen LogP contribution in [0.1, 0.15) is 47.5 Å². The molecular formula is C15H28N2O2. The van der Waals surface area contributed by atoms with E-state index < -0.39 is 0 Å². The van der Waals surface area contributed by atoms with Crippen LogP contribution in [0.3, 0.4) is 0 Å². The second-order valence-electron chi connectivity index (χ2n) is 6.60. The molecule has 1 N–H and O–H groups in total. The molecule has 1 aliphatic rings. The number of carbonyl (C=O) groups excluding carboxylic acids is 2. The highest BCUT2D eigenvalue weighted by atomic mass is 16.2. The molecule has 0 radical (unpaired) electrons. The summed E-state index contributed by atoms with van der Waals surface area (Å²) in [5.74, 6) is 1.12. The van der Waals surface area contributed by atoms with Gasteiger partial charge in [0.1, 0.15) is 0 Å². The van der Waals surface area contributed by atoms with E-state index in [1.807, 2.05) is 18.7 Å². The van der Waals surface area contributed by atoms with Crippen LogP contribution in [0.5, 0.6) is 0 Å². The van der Waals surface area contributed by atoms with Gasteiger partial charge in [0.05, 0.1) is 0 Å². The van der Waals surface area contributed by atoms with Crippen molar-refractivity contribution in [3.63, 3.8) is 0 Å². The number of hydrogen-bond acceptors (Lipinski definition) is 2. The molecule has 1 heterocycles. The zero-order chi connectivity index (χ0) is 14.6. The number of amides is 2. The van der Waals surface area contributed by atoms with Crippen molar-refractivity contribution in [2.45, 2.75) is 53.5 Å². The maximum atomic E-state index is 12.1. The Balaban J connectivity index is 2.57. The zero-order valence-corrected chi connectivity index (χ0v) is 12.9. The van der Waals surface area contributed by atoms with Crippen molar-refractivity contribution >= 4 is 11.8 Å². The summed E-state index contributed by atoms with van der Waals surface area (Å²) in [6, 6.07) is 0.106. The van der Waals surface area contributed by atoms with Crippen LogP contribution in [-0.2, 0) is 9.59 Å². The van der Waals surface area contributed by atoms with Crippen LogP contribution in [-0.4, -0.2) is 35.8 Å². The fourth-order valence-electron chi connectivity index (χ4n) is 2.51. The Hall–Kier alpha value is -1.06. The molecule has 0 spiro atoms. The van der Waals surface area contributed by atoms with E-state index in [9.17, 15) is 9.59 Å². The fraction of sp³-hybridized carbons (Fsp3) is 0.867. The van der Waals surface area contributed by atoms with Gasteiger partial charge in [-0.15, -0.1) is 0 Å². The Morgan fingerprint density at radius 3 is 2.37 bits per heavy atom. The lowest BCUT2D eigenvalue weighted by Gasteiger charge is -2.37. The molecule has 4 nitrogen and oxygen atoms in total. The van der Waals surface area contributed by atoms with Crippen LogP contribution >= 0.6 is 0 Å². The number of likely N-dealkylation sites (tertiary alicyclic amines) is 1. The van der Waals surface area contributed by atoms with Crippen LogP contribution in [0, 0.1) is 17.8 Å². The number of piperidine rings is 1. The lowest BCUT2D eigenvalue weighted by Crippen LogP contribution is -2.52. The van der Waals surface area contributed by atoms with E-state index in [2.05, 4.69) is 26.1 Å². The van der Waals surface area contributed by atoms with Gasteiger partial charge in [0, 0.05) is 31.5 Å². The summed E-state index contributed by atoms with van der Waals surface area (Å²) in [4.78, 5) is 25.8. The van der Waals surface area contributed by atoms with Crippen molar-refractivity contribution in [2.24, 2.45) is 17.8 Å². The molecule has 2 amide bonds. The van der Waals surface area contributed by atoms with Crippen molar-refractivity contribution in [3.05, 3.63) is 0 Å². The highest BCUT2D eigenvalue weighted by Crippen LogP contribution is 2.18. The number of rotatable bonds is 4. The zero-order valence-electron chi connectivity index (χ0n) is 12.9. The van der Waals surface area contributed by atoms with E-state index >= 15 is 0 Å². The Labute approximate surface area is 116 Å². The molecule has 0 bridgehead atoms. The van der Waals surface area contributed by atoms with Crippen molar-refractivity contribution in [1.29, 1.82) is 0 Å². The summed E-state index contributed by atoms with van der Waals surface area (Å²) in [7, 11) is 0. The number of nitrogens with one attached hydrogen (secondary N) is 1. The Morgan fingerprint density at radius 1 is 1.21 bits per heavy atom. The van der Waals surface area contributed by atoms with E-state index in [1.54, 1.807) is 0 Å². The van der Waals surface area contributed by atoms with E-state index in [1.165, 1.54) is 0 Å². The van der Waals surface area contributed by atoms with E-state index in [0.717, 1.165) is 13.0 Å². The van der Waals surface area contributed by atoms with Crippen LogP contribution < -0.4 is 5.32 Å². The fourth-order valence-corrected chi connectivity index (χ4v) is 2.51.